The maximum atomic E-state index is 13.4. The number of hydrogen-bond donors (Lipinski definition) is 1. The number of carbonyl (C=O) groups excluding carboxylic acids is 3. The number of urea groups is 1. The van der Waals surface area contributed by atoms with Crippen molar-refractivity contribution in [3.05, 3.63) is 59.7 Å². The lowest BCUT2D eigenvalue weighted by molar-refractivity contribution is -0.137. The lowest BCUT2D eigenvalue weighted by Crippen LogP contribution is -2.69. The van der Waals surface area contributed by atoms with Crippen molar-refractivity contribution in [2.24, 2.45) is 0 Å². The number of benzene rings is 2. The molecule has 160 valence electrons. The molecule has 2 unspecified atom stereocenters. The number of hydrogen-bond acceptors (Lipinski definition) is 6. The van der Waals surface area contributed by atoms with Crippen LogP contribution in [0.15, 0.2) is 48.5 Å². The highest BCUT2D eigenvalue weighted by Gasteiger charge is 2.47. The summed E-state index contributed by atoms with van der Waals surface area (Å²) >= 11 is 0. The van der Waals surface area contributed by atoms with Gasteiger partial charge in [0.15, 0.2) is 17.3 Å². The Hall–Kier alpha value is -3.39. The maximum absolute atomic E-state index is 13.4. The van der Waals surface area contributed by atoms with Crippen molar-refractivity contribution in [1.82, 2.24) is 15.1 Å². The molecule has 3 aliphatic heterocycles. The van der Waals surface area contributed by atoms with Crippen LogP contribution in [0.1, 0.15) is 28.8 Å². The van der Waals surface area contributed by atoms with E-state index in [1.165, 1.54) is 4.90 Å². The molecule has 31 heavy (non-hydrogen) atoms. The van der Waals surface area contributed by atoms with Crippen molar-refractivity contribution in [3.63, 3.8) is 0 Å². The zero-order valence-electron chi connectivity index (χ0n) is 17.0. The van der Waals surface area contributed by atoms with E-state index >= 15 is 0 Å². The summed E-state index contributed by atoms with van der Waals surface area (Å²) in [7, 11) is 0. The van der Waals surface area contributed by atoms with Gasteiger partial charge in [0.2, 0.25) is 12.7 Å². The summed E-state index contributed by atoms with van der Waals surface area (Å²) in [5.74, 6) is 0.842. The molecule has 0 aliphatic carbocycles. The topological polar surface area (TPSA) is 88.2 Å². The molecule has 0 bridgehead atoms. The zero-order valence-corrected chi connectivity index (χ0v) is 17.0. The molecule has 2 saturated heterocycles. The van der Waals surface area contributed by atoms with Crippen LogP contribution in [0.3, 0.4) is 0 Å². The van der Waals surface area contributed by atoms with Crippen LogP contribution in [0, 0.1) is 0 Å². The van der Waals surface area contributed by atoms with Crippen LogP contribution in [0.5, 0.6) is 11.5 Å². The Kier molecular flexibility index (Phi) is 5.07. The third-order valence-corrected chi connectivity index (χ3v) is 6.02. The summed E-state index contributed by atoms with van der Waals surface area (Å²) in [6, 6.07) is 13.0. The van der Waals surface area contributed by atoms with Crippen molar-refractivity contribution in [1.29, 1.82) is 0 Å². The van der Waals surface area contributed by atoms with Gasteiger partial charge in [-0.05, 0) is 37.1 Å². The normalized spacial score (nSPS) is 22.5. The molecule has 0 aromatic heterocycles. The summed E-state index contributed by atoms with van der Waals surface area (Å²) in [5, 5.41) is 3.25. The van der Waals surface area contributed by atoms with Gasteiger partial charge in [0.05, 0.1) is 19.1 Å². The number of imide groups is 1. The minimum atomic E-state index is -0.510. The second-order valence-corrected chi connectivity index (χ2v) is 7.95. The smallest absolute Gasteiger partial charge is 0.327 e. The molecular formula is C23H23N3O5. The quantitative estimate of drug-likeness (QED) is 0.745. The lowest BCUT2D eigenvalue weighted by Gasteiger charge is -2.46. The van der Waals surface area contributed by atoms with Gasteiger partial charge in [-0.3, -0.25) is 14.5 Å². The number of carbonyl (C=O) groups is 3. The summed E-state index contributed by atoms with van der Waals surface area (Å²) in [5.41, 5.74) is 1.31. The molecule has 5 rings (SSSR count). The maximum Gasteiger partial charge on any atom is 0.327 e. The first kappa shape index (κ1) is 19.6. The third-order valence-electron chi connectivity index (χ3n) is 6.02. The Labute approximate surface area is 179 Å². The Balaban J connectivity index is 1.41. The fraction of sp³-hybridized carbons (Fsp3) is 0.348. The first-order valence-corrected chi connectivity index (χ1v) is 10.4. The van der Waals surface area contributed by atoms with Gasteiger partial charge in [0.25, 0.3) is 0 Å². The molecule has 0 radical (unpaired) electrons. The predicted octanol–water partition coefficient (Wildman–Crippen LogP) is 2.18. The molecule has 3 heterocycles. The van der Waals surface area contributed by atoms with Crippen LogP contribution in [-0.4, -0.2) is 59.5 Å². The van der Waals surface area contributed by atoms with Crippen LogP contribution in [0.25, 0.3) is 0 Å². The minimum Gasteiger partial charge on any atom is -0.454 e. The monoisotopic (exact) mass is 421 g/mol. The highest BCUT2D eigenvalue weighted by molar-refractivity contribution is 6.04. The van der Waals surface area contributed by atoms with E-state index in [0.717, 1.165) is 12.0 Å². The number of nitrogens with one attached hydrogen (secondary N) is 1. The van der Waals surface area contributed by atoms with Crippen LogP contribution in [0.4, 0.5) is 4.79 Å². The van der Waals surface area contributed by atoms with Crippen LogP contribution >= 0.6 is 0 Å². The van der Waals surface area contributed by atoms with Gasteiger partial charge >= 0.3 is 6.03 Å². The Morgan fingerprint density at radius 3 is 2.71 bits per heavy atom. The molecule has 2 atom stereocenters. The van der Waals surface area contributed by atoms with E-state index in [0.29, 0.717) is 30.0 Å². The largest absolute Gasteiger partial charge is 0.454 e. The summed E-state index contributed by atoms with van der Waals surface area (Å²) < 4.78 is 10.7. The van der Waals surface area contributed by atoms with E-state index in [9.17, 15) is 14.4 Å². The predicted molar refractivity (Wildman–Crippen MR) is 111 cm³/mol. The Morgan fingerprint density at radius 1 is 1.06 bits per heavy atom. The summed E-state index contributed by atoms with van der Waals surface area (Å²) in [6.45, 7) is 0.911. The number of ether oxygens (including phenoxy) is 2. The fourth-order valence-electron chi connectivity index (χ4n) is 4.44. The van der Waals surface area contributed by atoms with E-state index in [1.54, 1.807) is 41.3 Å². The number of amides is 3. The van der Waals surface area contributed by atoms with Gasteiger partial charge in [0, 0.05) is 5.56 Å². The number of Topliss-reactive ketones (excluding diaryl/α,β-unsaturated/α-hetero) is 1. The fourth-order valence-corrected chi connectivity index (χ4v) is 4.44. The summed E-state index contributed by atoms with van der Waals surface area (Å²) in [6.07, 6.45) is 1.54. The van der Waals surface area contributed by atoms with Crippen LogP contribution in [0.2, 0.25) is 0 Å². The minimum absolute atomic E-state index is 0.0589. The lowest BCUT2D eigenvalue weighted by atomic mass is 9.92. The number of fused-ring (bicyclic) bond motifs is 2. The standard InChI is InChI=1S/C23H23N3O5/c27-18(16-5-2-1-3-6-16)13-25-17-7-4-10-24-21(17)22(28)26(23(25)29)12-15-8-9-19-20(11-15)31-14-30-19/h1-3,5-6,8-9,11,17,21,24H,4,7,10,12-14H2. The van der Waals surface area contributed by atoms with Gasteiger partial charge in [-0.1, -0.05) is 36.4 Å². The second-order valence-electron chi connectivity index (χ2n) is 7.95. The summed E-state index contributed by atoms with van der Waals surface area (Å²) in [4.78, 5) is 42.2. The van der Waals surface area contributed by atoms with Gasteiger partial charge < -0.3 is 19.7 Å². The zero-order chi connectivity index (χ0) is 21.4. The highest BCUT2D eigenvalue weighted by atomic mass is 16.7. The third kappa shape index (κ3) is 3.63. The number of piperidine rings is 1. The van der Waals surface area contributed by atoms with E-state index < -0.39 is 12.1 Å². The van der Waals surface area contributed by atoms with Crippen molar-refractivity contribution in [2.75, 3.05) is 19.9 Å². The van der Waals surface area contributed by atoms with E-state index in [4.69, 9.17) is 9.47 Å². The second kappa shape index (κ2) is 8.03. The molecule has 3 aliphatic rings. The van der Waals surface area contributed by atoms with E-state index in [2.05, 4.69) is 5.32 Å². The molecule has 3 amide bonds. The number of rotatable bonds is 5. The van der Waals surface area contributed by atoms with Crippen molar-refractivity contribution in [2.45, 2.75) is 31.5 Å². The van der Waals surface area contributed by atoms with Gasteiger partial charge in [-0.25, -0.2) is 4.79 Å². The average molecular weight is 421 g/mol. The molecule has 8 heteroatoms. The van der Waals surface area contributed by atoms with Crippen LogP contribution < -0.4 is 14.8 Å². The Morgan fingerprint density at radius 2 is 1.87 bits per heavy atom. The molecule has 2 fully saturated rings. The number of ketones is 1. The van der Waals surface area contributed by atoms with Crippen LogP contribution in [-0.2, 0) is 11.3 Å². The van der Waals surface area contributed by atoms with Crippen molar-refractivity contribution in [3.8, 4) is 11.5 Å². The molecule has 0 spiro atoms. The first-order chi connectivity index (χ1) is 15.1. The molecule has 2 aromatic rings. The van der Waals surface area contributed by atoms with Crippen molar-refractivity contribution >= 4 is 17.7 Å². The average Bonchev–Trinajstić information content (AvgIpc) is 3.28. The molecule has 8 nitrogen and oxygen atoms in total. The SMILES string of the molecule is O=C(CN1C(=O)N(Cc2ccc3c(c2)OCO3)C(=O)C2NCCCC21)c1ccccc1. The first-order valence-electron chi connectivity index (χ1n) is 10.4. The molecular weight excluding hydrogens is 398 g/mol. The van der Waals surface area contributed by atoms with E-state index in [1.807, 2.05) is 12.1 Å². The highest BCUT2D eigenvalue weighted by Crippen LogP contribution is 2.33. The van der Waals surface area contributed by atoms with Gasteiger partial charge in [-0.15, -0.1) is 0 Å². The van der Waals surface area contributed by atoms with Gasteiger partial charge in [-0.2, -0.15) is 0 Å². The van der Waals surface area contributed by atoms with Gasteiger partial charge in [0.1, 0.15) is 6.04 Å². The molecule has 1 N–H and O–H groups in total. The molecule has 0 saturated carbocycles. The van der Waals surface area contributed by atoms with E-state index in [-0.39, 0.29) is 37.6 Å². The Bertz CT molecular complexity index is 1030. The number of nitrogens with zero attached hydrogens (tertiary/aromatic N) is 2. The van der Waals surface area contributed by atoms with Crippen molar-refractivity contribution < 1.29 is 23.9 Å². The molecule has 2 aromatic carbocycles.